The molecule has 0 aliphatic heterocycles. The van der Waals surface area contributed by atoms with Crippen LogP contribution in [0.3, 0.4) is 0 Å². The van der Waals surface area contributed by atoms with E-state index in [1.54, 1.807) is 17.0 Å². The first-order valence-corrected chi connectivity index (χ1v) is 14.0. The number of aromatic nitrogens is 1. The van der Waals surface area contributed by atoms with E-state index in [0.717, 1.165) is 41.4 Å². The largest absolute Gasteiger partial charge is 0.339 e. The van der Waals surface area contributed by atoms with E-state index in [1.165, 1.54) is 0 Å². The van der Waals surface area contributed by atoms with Crippen molar-refractivity contribution in [1.82, 2.24) is 9.47 Å². The molecule has 3 aromatic rings. The molecule has 0 radical (unpaired) electrons. The zero-order chi connectivity index (χ0) is 25.2. The van der Waals surface area contributed by atoms with Crippen molar-refractivity contribution in [2.24, 2.45) is 0 Å². The molecule has 1 aliphatic carbocycles. The molecule has 0 atom stereocenters. The Labute approximate surface area is 207 Å². The summed E-state index contributed by atoms with van der Waals surface area (Å²) in [6.07, 6.45) is 3.76. The minimum atomic E-state index is -3.38. The first-order valence-electron chi connectivity index (χ1n) is 12.3. The van der Waals surface area contributed by atoms with Crippen LogP contribution in [0, 0.1) is 11.3 Å². The van der Waals surface area contributed by atoms with Gasteiger partial charge >= 0.3 is 0 Å². The van der Waals surface area contributed by atoms with Crippen LogP contribution in [0.1, 0.15) is 68.4 Å². The van der Waals surface area contributed by atoms with Crippen LogP contribution < -0.4 is 4.72 Å². The van der Waals surface area contributed by atoms with E-state index in [4.69, 9.17) is 0 Å². The number of rotatable bonds is 9. The molecule has 1 fully saturated rings. The second-order valence-electron chi connectivity index (χ2n) is 9.00. The molecule has 1 aliphatic rings. The van der Waals surface area contributed by atoms with Gasteiger partial charge in [0.25, 0.3) is 5.91 Å². The fraction of sp³-hybridized carbons (Fsp3) is 0.407. The highest BCUT2D eigenvalue weighted by atomic mass is 32.2. The van der Waals surface area contributed by atoms with E-state index in [0.29, 0.717) is 42.4 Å². The number of hydrogen-bond acceptors (Lipinski definition) is 4. The van der Waals surface area contributed by atoms with E-state index < -0.39 is 10.0 Å². The molecular weight excluding hydrogens is 460 g/mol. The first kappa shape index (κ1) is 24.8. The maximum absolute atomic E-state index is 13.0. The lowest BCUT2D eigenvalue weighted by molar-refractivity contribution is 0.0773. The third-order valence-corrected chi connectivity index (χ3v) is 8.25. The zero-order valence-electron chi connectivity index (χ0n) is 20.5. The number of fused-ring (bicyclic) bond motifs is 1. The summed E-state index contributed by atoms with van der Waals surface area (Å²) >= 11 is 0. The van der Waals surface area contributed by atoms with Crippen molar-refractivity contribution in [3.05, 3.63) is 53.6 Å². The van der Waals surface area contributed by atoms with Gasteiger partial charge in [-0.05, 0) is 75.4 Å². The smallest absolute Gasteiger partial charge is 0.253 e. The summed E-state index contributed by atoms with van der Waals surface area (Å²) in [7, 11) is -3.38. The Morgan fingerprint density at radius 2 is 1.80 bits per heavy atom. The number of carbonyl (C=O) groups excluding carboxylic acids is 1. The Bertz CT molecular complexity index is 1380. The van der Waals surface area contributed by atoms with Crippen LogP contribution in [0.25, 0.3) is 22.2 Å². The molecule has 8 heteroatoms. The summed E-state index contributed by atoms with van der Waals surface area (Å²) in [5, 5.41) is 11.0. The molecule has 35 heavy (non-hydrogen) atoms. The van der Waals surface area contributed by atoms with Crippen LogP contribution in [0.15, 0.2) is 42.5 Å². The average Bonchev–Trinajstić information content (AvgIpc) is 3.12. The quantitative estimate of drug-likeness (QED) is 0.424. The van der Waals surface area contributed by atoms with Crippen LogP contribution in [0.5, 0.6) is 0 Å². The van der Waals surface area contributed by atoms with Gasteiger partial charge in [-0.15, -0.1) is 0 Å². The number of nitrogens with one attached hydrogen (secondary N) is 1. The van der Waals surface area contributed by atoms with Crippen LogP contribution in [0.4, 0.5) is 5.69 Å². The molecule has 1 heterocycles. The highest BCUT2D eigenvalue weighted by Crippen LogP contribution is 2.43. The number of amides is 1. The normalized spacial score (nSPS) is 13.9. The Kier molecular flexibility index (Phi) is 7.18. The second kappa shape index (κ2) is 10.1. The van der Waals surface area contributed by atoms with E-state index in [-0.39, 0.29) is 11.7 Å². The third-order valence-electron chi connectivity index (χ3n) is 6.76. The van der Waals surface area contributed by atoms with Gasteiger partial charge in [0.05, 0.1) is 22.5 Å². The Morgan fingerprint density at radius 1 is 1.11 bits per heavy atom. The van der Waals surface area contributed by atoms with Crippen molar-refractivity contribution >= 4 is 32.5 Å². The summed E-state index contributed by atoms with van der Waals surface area (Å²) in [6.45, 7) is 6.99. The van der Waals surface area contributed by atoms with Crippen LogP contribution >= 0.6 is 0 Å². The van der Waals surface area contributed by atoms with Gasteiger partial charge in [0.2, 0.25) is 10.0 Å². The molecule has 1 amide bonds. The van der Waals surface area contributed by atoms with Gasteiger partial charge in [-0.2, -0.15) is 5.26 Å². The van der Waals surface area contributed by atoms with Crippen LogP contribution in [-0.2, 0) is 10.0 Å². The molecule has 1 saturated carbocycles. The van der Waals surface area contributed by atoms with E-state index in [1.807, 2.05) is 51.1 Å². The number of sulfonamides is 1. The number of hydrogen-bond donors (Lipinski definition) is 1. The van der Waals surface area contributed by atoms with Crippen molar-refractivity contribution in [1.29, 1.82) is 5.26 Å². The van der Waals surface area contributed by atoms with Crippen molar-refractivity contribution in [3.63, 3.8) is 0 Å². The monoisotopic (exact) mass is 492 g/mol. The second-order valence-corrected chi connectivity index (χ2v) is 10.8. The van der Waals surface area contributed by atoms with Gasteiger partial charge in [-0.3, -0.25) is 9.52 Å². The molecule has 2 aromatic carbocycles. The molecule has 0 unspecified atom stereocenters. The predicted molar refractivity (Wildman–Crippen MR) is 140 cm³/mol. The number of benzene rings is 2. The molecule has 0 saturated heterocycles. The van der Waals surface area contributed by atoms with E-state index in [9.17, 15) is 18.5 Å². The Hall–Kier alpha value is -3.31. The summed E-state index contributed by atoms with van der Waals surface area (Å²) in [5.74, 6) is 0.0279. The molecule has 4 rings (SSSR count). The van der Waals surface area contributed by atoms with Crippen molar-refractivity contribution in [2.45, 2.75) is 52.5 Å². The lowest BCUT2D eigenvalue weighted by Crippen LogP contribution is -2.30. The Morgan fingerprint density at radius 3 is 2.34 bits per heavy atom. The maximum Gasteiger partial charge on any atom is 0.253 e. The molecule has 7 nitrogen and oxygen atoms in total. The van der Waals surface area contributed by atoms with Gasteiger partial charge in [0.15, 0.2) is 0 Å². The molecule has 1 N–H and O–H groups in total. The fourth-order valence-electron chi connectivity index (χ4n) is 4.76. The highest BCUT2D eigenvalue weighted by Gasteiger charge is 2.28. The van der Waals surface area contributed by atoms with Crippen LogP contribution in [0.2, 0.25) is 0 Å². The van der Waals surface area contributed by atoms with Gasteiger partial charge in [-0.1, -0.05) is 19.1 Å². The van der Waals surface area contributed by atoms with Gasteiger partial charge in [-0.25, -0.2) is 8.42 Å². The number of anilines is 1. The maximum atomic E-state index is 13.0. The van der Waals surface area contributed by atoms with Gasteiger partial charge in [0.1, 0.15) is 6.07 Å². The third kappa shape index (κ3) is 4.78. The Balaban J connectivity index is 1.82. The standard InChI is InChI=1S/C27H32N4O3S/c1-4-16-35(33,34)29-21-13-10-19(11-14-21)26-24(18-28)23-17-20(27(32)30(5-2)6-3)12-15-25(23)31(26)22-8-7-9-22/h10-15,17,22,29H,4-9,16H2,1-3H3. The molecule has 0 bridgehead atoms. The van der Waals surface area contributed by atoms with Crippen molar-refractivity contribution in [2.75, 3.05) is 23.6 Å². The minimum Gasteiger partial charge on any atom is -0.339 e. The minimum absolute atomic E-state index is 0.0394. The molecule has 1 aromatic heterocycles. The summed E-state index contributed by atoms with van der Waals surface area (Å²) in [4.78, 5) is 14.8. The van der Waals surface area contributed by atoms with E-state index >= 15 is 0 Å². The average molecular weight is 493 g/mol. The lowest BCUT2D eigenvalue weighted by atomic mass is 9.92. The first-order chi connectivity index (χ1) is 16.8. The molecular formula is C27H32N4O3S. The summed E-state index contributed by atoms with van der Waals surface area (Å²) < 4.78 is 29.2. The van der Waals surface area contributed by atoms with Gasteiger partial charge in [0, 0.05) is 35.8 Å². The topological polar surface area (TPSA) is 95.2 Å². The SMILES string of the molecule is CCCS(=O)(=O)Nc1ccc(-c2c(C#N)c3cc(C(=O)N(CC)CC)ccc3n2C2CCC2)cc1. The number of nitriles is 1. The molecule has 0 spiro atoms. The van der Waals surface area contributed by atoms with E-state index in [2.05, 4.69) is 15.4 Å². The van der Waals surface area contributed by atoms with Crippen molar-refractivity contribution in [3.8, 4) is 17.3 Å². The predicted octanol–water partition coefficient (Wildman–Crippen LogP) is 5.54. The van der Waals surface area contributed by atoms with Crippen molar-refractivity contribution < 1.29 is 13.2 Å². The fourth-order valence-corrected chi connectivity index (χ4v) is 5.89. The summed E-state index contributed by atoms with van der Waals surface area (Å²) in [5.41, 5.74) is 4.24. The number of nitrogens with zero attached hydrogens (tertiary/aromatic N) is 3. The molecule has 184 valence electrons. The lowest BCUT2D eigenvalue weighted by Gasteiger charge is -2.30. The highest BCUT2D eigenvalue weighted by molar-refractivity contribution is 7.92. The zero-order valence-corrected chi connectivity index (χ0v) is 21.4. The number of carbonyl (C=O) groups is 1. The van der Waals surface area contributed by atoms with Crippen LogP contribution in [-0.4, -0.2) is 42.6 Å². The summed E-state index contributed by atoms with van der Waals surface area (Å²) in [6, 6.07) is 15.5. The van der Waals surface area contributed by atoms with Gasteiger partial charge < -0.3 is 9.47 Å².